The van der Waals surface area contributed by atoms with Gasteiger partial charge in [-0.05, 0) is 55.5 Å². The highest BCUT2D eigenvalue weighted by atomic mass is 19.4. The fourth-order valence-electron chi connectivity index (χ4n) is 4.38. The van der Waals surface area contributed by atoms with Gasteiger partial charge in [-0.25, -0.2) is 4.79 Å². The number of nitro benzene ring substituents is 1. The molecule has 1 atom stereocenters. The number of aromatic amines is 1. The van der Waals surface area contributed by atoms with Crippen LogP contribution in [0.3, 0.4) is 0 Å². The molecule has 1 aromatic heterocycles. The Kier molecular flexibility index (Phi) is 7.65. The zero-order valence-corrected chi connectivity index (χ0v) is 20.0. The van der Waals surface area contributed by atoms with E-state index in [-0.39, 0.29) is 22.9 Å². The number of piperidine rings is 1. The smallest absolute Gasteiger partial charge is 0.415 e. The summed E-state index contributed by atoms with van der Waals surface area (Å²) in [4.78, 5) is 24.9. The van der Waals surface area contributed by atoms with Crippen molar-refractivity contribution in [2.24, 2.45) is 0 Å². The number of amides is 1. The van der Waals surface area contributed by atoms with E-state index >= 15 is 0 Å². The van der Waals surface area contributed by atoms with Crippen LogP contribution in [0, 0.1) is 10.1 Å². The molecular weight excluding hydrogens is 493 g/mol. The number of alkyl halides is 3. The minimum absolute atomic E-state index is 0.0683. The molecule has 9 nitrogen and oxygen atoms in total. The number of likely N-dealkylation sites (tertiary alicyclic amines) is 1. The normalized spacial score (nSPS) is 15.9. The van der Waals surface area contributed by atoms with Crippen molar-refractivity contribution in [2.45, 2.75) is 44.8 Å². The number of benzene rings is 2. The van der Waals surface area contributed by atoms with Crippen molar-refractivity contribution in [1.82, 2.24) is 15.1 Å². The van der Waals surface area contributed by atoms with E-state index in [0.717, 1.165) is 12.8 Å². The van der Waals surface area contributed by atoms with Crippen LogP contribution in [-0.2, 0) is 6.42 Å². The van der Waals surface area contributed by atoms with Crippen molar-refractivity contribution in [2.75, 3.05) is 13.2 Å². The number of nitro groups is 1. The van der Waals surface area contributed by atoms with Crippen LogP contribution < -0.4 is 9.47 Å². The summed E-state index contributed by atoms with van der Waals surface area (Å²) in [5.74, 6) is 0.425. The first-order valence-corrected chi connectivity index (χ1v) is 11.8. The molecule has 37 heavy (non-hydrogen) atoms. The van der Waals surface area contributed by atoms with Gasteiger partial charge in [0, 0.05) is 30.3 Å². The van der Waals surface area contributed by atoms with Crippen molar-refractivity contribution < 1.29 is 32.4 Å². The number of H-pyrrole nitrogens is 1. The number of aromatic nitrogens is 2. The molecule has 1 fully saturated rings. The van der Waals surface area contributed by atoms with Gasteiger partial charge in [0.15, 0.2) is 0 Å². The quantitative estimate of drug-likeness (QED) is 0.294. The Balaban J connectivity index is 1.63. The van der Waals surface area contributed by atoms with E-state index < -0.39 is 29.7 Å². The van der Waals surface area contributed by atoms with Gasteiger partial charge in [-0.1, -0.05) is 12.1 Å². The van der Waals surface area contributed by atoms with Crippen LogP contribution in [-0.4, -0.2) is 45.4 Å². The first-order valence-electron chi connectivity index (χ1n) is 11.8. The summed E-state index contributed by atoms with van der Waals surface area (Å²) >= 11 is 0. The Morgan fingerprint density at radius 2 is 1.95 bits per heavy atom. The zero-order valence-electron chi connectivity index (χ0n) is 20.0. The Morgan fingerprint density at radius 1 is 1.19 bits per heavy atom. The third kappa shape index (κ3) is 6.38. The maximum absolute atomic E-state index is 13.3. The third-order valence-electron chi connectivity index (χ3n) is 6.04. The summed E-state index contributed by atoms with van der Waals surface area (Å²) in [6.45, 7) is 2.53. The molecule has 1 N–H and O–H groups in total. The van der Waals surface area contributed by atoms with Crippen LogP contribution >= 0.6 is 0 Å². The average Bonchev–Trinajstić information content (AvgIpc) is 3.32. The first-order chi connectivity index (χ1) is 17.6. The molecule has 1 amide bonds. The molecular formula is C25H25F3N4O5. The molecule has 2 heterocycles. The van der Waals surface area contributed by atoms with Crippen molar-refractivity contribution in [3.63, 3.8) is 0 Å². The third-order valence-corrected chi connectivity index (χ3v) is 6.04. The molecule has 1 aliphatic heterocycles. The summed E-state index contributed by atoms with van der Waals surface area (Å²) in [7, 11) is 0. The lowest BCUT2D eigenvalue weighted by atomic mass is 9.91. The molecule has 0 radical (unpaired) electrons. The van der Waals surface area contributed by atoms with Crippen molar-refractivity contribution in [3.8, 4) is 22.9 Å². The van der Waals surface area contributed by atoms with Gasteiger partial charge in [-0.15, -0.1) is 5.10 Å². The summed E-state index contributed by atoms with van der Waals surface area (Å²) in [6.07, 6.45) is -4.01. The summed E-state index contributed by atoms with van der Waals surface area (Å²) in [5, 5.41) is 17.6. The van der Waals surface area contributed by atoms with Gasteiger partial charge < -0.3 is 14.4 Å². The maximum Gasteiger partial charge on any atom is 0.415 e. The largest absolute Gasteiger partial charge is 0.477 e. The number of carbonyl (C=O) groups is 1. The highest BCUT2D eigenvalue weighted by Crippen LogP contribution is 2.37. The zero-order chi connectivity index (χ0) is 26.6. The van der Waals surface area contributed by atoms with E-state index in [1.54, 1.807) is 25.1 Å². The van der Waals surface area contributed by atoms with E-state index in [1.165, 1.54) is 35.2 Å². The number of non-ortho nitro benzene ring substituents is 1. The van der Waals surface area contributed by atoms with Crippen molar-refractivity contribution >= 4 is 11.8 Å². The molecule has 196 valence electrons. The monoisotopic (exact) mass is 518 g/mol. The predicted molar refractivity (Wildman–Crippen MR) is 127 cm³/mol. The summed E-state index contributed by atoms with van der Waals surface area (Å²) in [5.41, 5.74) is 1.30. The highest BCUT2D eigenvalue weighted by molar-refractivity contribution is 5.72. The second-order valence-electron chi connectivity index (χ2n) is 8.59. The fraction of sp³-hybridized carbons (Fsp3) is 0.360. The van der Waals surface area contributed by atoms with E-state index in [0.29, 0.717) is 36.4 Å². The molecule has 0 saturated carbocycles. The number of hydrogen-bond donors (Lipinski definition) is 1. The second kappa shape index (κ2) is 10.9. The van der Waals surface area contributed by atoms with Crippen LogP contribution in [0.2, 0.25) is 0 Å². The number of nitrogens with one attached hydrogen (secondary N) is 1. The molecule has 0 spiro atoms. The van der Waals surface area contributed by atoms with Crippen LogP contribution in [0.25, 0.3) is 11.3 Å². The van der Waals surface area contributed by atoms with Crippen LogP contribution in [0.15, 0.2) is 48.5 Å². The fourth-order valence-corrected chi connectivity index (χ4v) is 4.38. The van der Waals surface area contributed by atoms with Gasteiger partial charge in [0.2, 0.25) is 5.88 Å². The lowest BCUT2D eigenvalue weighted by Gasteiger charge is -2.35. The standard InChI is InChI=1S/C25H25F3N4O5/c1-2-36-23-14-21(29-30-23)20-13-16(6-7-17(20)15-25(26,27)28)22-5-3-4-12-31(22)24(33)37-19-10-8-18(9-11-19)32(34)35/h6-11,13-14,22H,2-5,12,15H2,1H3,(H,29,30). The van der Waals surface area contributed by atoms with Crippen LogP contribution in [0.1, 0.15) is 43.4 Å². The number of rotatable bonds is 7. The predicted octanol–water partition coefficient (Wildman–Crippen LogP) is 6.21. The molecule has 3 aromatic rings. The minimum Gasteiger partial charge on any atom is -0.477 e. The highest BCUT2D eigenvalue weighted by Gasteiger charge is 2.32. The SMILES string of the molecule is CCOc1cc(-c2cc(C3CCCCN3C(=O)Oc3ccc([N+](=O)[O-])cc3)ccc2CC(F)(F)F)[nH]n1. The van der Waals surface area contributed by atoms with Gasteiger partial charge in [0.25, 0.3) is 5.69 Å². The molecule has 12 heteroatoms. The van der Waals surface area contributed by atoms with Crippen molar-refractivity contribution in [3.05, 3.63) is 69.8 Å². The van der Waals surface area contributed by atoms with Gasteiger partial charge in [-0.2, -0.15) is 13.2 Å². The molecule has 2 aromatic carbocycles. The maximum atomic E-state index is 13.3. The lowest BCUT2D eigenvalue weighted by molar-refractivity contribution is -0.384. The Morgan fingerprint density at radius 3 is 2.62 bits per heavy atom. The van der Waals surface area contributed by atoms with Gasteiger partial charge in [0.1, 0.15) is 5.75 Å². The van der Waals surface area contributed by atoms with Gasteiger partial charge >= 0.3 is 12.3 Å². The average molecular weight is 518 g/mol. The number of hydrogen-bond acceptors (Lipinski definition) is 6. The number of ether oxygens (including phenoxy) is 2. The van der Waals surface area contributed by atoms with Gasteiger partial charge in [0.05, 0.1) is 29.7 Å². The Bertz CT molecular complexity index is 1260. The van der Waals surface area contributed by atoms with Gasteiger partial charge in [-0.3, -0.25) is 15.2 Å². The van der Waals surface area contributed by atoms with E-state index in [1.807, 2.05) is 0 Å². The molecule has 4 rings (SSSR count). The molecule has 0 bridgehead atoms. The number of halogens is 3. The topological polar surface area (TPSA) is 111 Å². The van der Waals surface area contributed by atoms with Crippen LogP contribution in [0.5, 0.6) is 11.6 Å². The van der Waals surface area contributed by atoms with E-state index in [4.69, 9.17) is 9.47 Å². The number of carbonyl (C=O) groups excluding carboxylic acids is 1. The molecule has 1 aliphatic rings. The second-order valence-corrected chi connectivity index (χ2v) is 8.59. The molecule has 1 unspecified atom stereocenters. The lowest BCUT2D eigenvalue weighted by Crippen LogP contribution is -2.40. The summed E-state index contributed by atoms with van der Waals surface area (Å²) in [6, 6.07) is 11.0. The summed E-state index contributed by atoms with van der Waals surface area (Å²) < 4.78 is 50.7. The van der Waals surface area contributed by atoms with E-state index in [2.05, 4.69) is 10.2 Å². The Hall–Kier alpha value is -4.09. The molecule has 0 aliphatic carbocycles. The first kappa shape index (κ1) is 26.0. The Labute approximate surface area is 210 Å². The van der Waals surface area contributed by atoms with Crippen LogP contribution in [0.4, 0.5) is 23.7 Å². The number of nitrogens with zero attached hydrogens (tertiary/aromatic N) is 3. The molecule has 1 saturated heterocycles. The minimum atomic E-state index is -4.41. The van der Waals surface area contributed by atoms with Crippen molar-refractivity contribution in [1.29, 1.82) is 0 Å². The van der Waals surface area contributed by atoms with E-state index in [9.17, 15) is 28.1 Å².